The third-order valence-corrected chi connectivity index (χ3v) is 4.11. The van der Waals surface area contributed by atoms with Gasteiger partial charge in [-0.2, -0.15) is 5.10 Å². The van der Waals surface area contributed by atoms with Crippen LogP contribution in [0.5, 0.6) is 0 Å². The van der Waals surface area contributed by atoms with E-state index in [-0.39, 0.29) is 6.04 Å². The first kappa shape index (κ1) is 15.0. The molecule has 0 aliphatic carbocycles. The quantitative estimate of drug-likeness (QED) is 0.658. The molecule has 1 atom stereocenters. The summed E-state index contributed by atoms with van der Waals surface area (Å²) in [5, 5.41) is 5.18. The Morgan fingerprint density at radius 2 is 2.05 bits per heavy atom. The fraction of sp³-hybridized carbons (Fsp3) is 0.400. The largest absolute Gasteiger partial charge is 0.271 e. The van der Waals surface area contributed by atoms with E-state index in [1.54, 1.807) is 0 Å². The molecule has 0 saturated carbocycles. The number of aromatic nitrogens is 2. The SMILES string of the molecule is CCn1nc(C)c(Cl)c1CC(NN)c1ccccc1C. The molecule has 1 aromatic carbocycles. The van der Waals surface area contributed by atoms with Crippen LogP contribution in [0.3, 0.4) is 0 Å². The minimum Gasteiger partial charge on any atom is -0.271 e. The standard InChI is InChI=1S/C15H21ClN4/c1-4-20-14(15(16)11(3)19-20)9-13(18-17)12-8-6-5-7-10(12)2/h5-8,13,18H,4,9,17H2,1-3H3. The van der Waals surface area contributed by atoms with Crippen LogP contribution in [-0.2, 0) is 13.0 Å². The lowest BCUT2D eigenvalue weighted by Crippen LogP contribution is -2.30. The van der Waals surface area contributed by atoms with Gasteiger partial charge in [-0.05, 0) is 31.9 Å². The van der Waals surface area contributed by atoms with Crippen LogP contribution in [-0.4, -0.2) is 9.78 Å². The third-order valence-electron chi connectivity index (χ3n) is 3.62. The van der Waals surface area contributed by atoms with Crippen LogP contribution >= 0.6 is 11.6 Å². The maximum absolute atomic E-state index is 6.37. The molecular formula is C15H21ClN4. The van der Waals surface area contributed by atoms with Crippen molar-refractivity contribution >= 4 is 11.6 Å². The summed E-state index contributed by atoms with van der Waals surface area (Å²) in [7, 11) is 0. The van der Waals surface area contributed by atoms with Crippen LogP contribution in [0.1, 0.15) is 35.5 Å². The molecule has 4 nitrogen and oxygen atoms in total. The highest BCUT2D eigenvalue weighted by molar-refractivity contribution is 6.31. The number of hydrogen-bond donors (Lipinski definition) is 2. The van der Waals surface area contributed by atoms with Gasteiger partial charge < -0.3 is 0 Å². The number of benzene rings is 1. The Balaban J connectivity index is 2.34. The molecule has 0 radical (unpaired) electrons. The van der Waals surface area contributed by atoms with Crippen molar-refractivity contribution in [3.05, 3.63) is 51.8 Å². The summed E-state index contributed by atoms with van der Waals surface area (Å²) in [6, 6.07) is 8.25. The highest BCUT2D eigenvalue weighted by Crippen LogP contribution is 2.27. The fourth-order valence-electron chi connectivity index (χ4n) is 2.49. The molecule has 0 saturated heterocycles. The molecule has 0 spiro atoms. The van der Waals surface area contributed by atoms with E-state index < -0.39 is 0 Å². The van der Waals surface area contributed by atoms with Gasteiger partial charge in [-0.25, -0.2) is 0 Å². The summed E-state index contributed by atoms with van der Waals surface area (Å²) in [6.07, 6.45) is 0.717. The van der Waals surface area contributed by atoms with Crippen LogP contribution in [0, 0.1) is 13.8 Å². The smallest absolute Gasteiger partial charge is 0.0847 e. The molecule has 3 N–H and O–H groups in total. The minimum absolute atomic E-state index is 0.0232. The summed E-state index contributed by atoms with van der Waals surface area (Å²) in [5.74, 6) is 5.75. The van der Waals surface area contributed by atoms with E-state index in [0.29, 0.717) is 0 Å². The van der Waals surface area contributed by atoms with Crippen LogP contribution in [0.4, 0.5) is 0 Å². The van der Waals surface area contributed by atoms with Crippen molar-refractivity contribution in [1.82, 2.24) is 15.2 Å². The van der Waals surface area contributed by atoms with Crippen molar-refractivity contribution in [3.63, 3.8) is 0 Å². The van der Waals surface area contributed by atoms with Gasteiger partial charge in [0, 0.05) is 13.0 Å². The van der Waals surface area contributed by atoms with Gasteiger partial charge in [0.15, 0.2) is 0 Å². The average Bonchev–Trinajstić information content (AvgIpc) is 2.73. The molecule has 2 aromatic rings. The van der Waals surface area contributed by atoms with Crippen LogP contribution in [0.2, 0.25) is 5.02 Å². The Hall–Kier alpha value is -1.36. The zero-order chi connectivity index (χ0) is 14.7. The van der Waals surface area contributed by atoms with Gasteiger partial charge in [-0.3, -0.25) is 16.0 Å². The second-order valence-electron chi connectivity index (χ2n) is 4.94. The first-order valence-electron chi connectivity index (χ1n) is 6.81. The molecule has 1 aromatic heterocycles. The molecule has 20 heavy (non-hydrogen) atoms. The molecule has 0 bridgehead atoms. The van der Waals surface area contributed by atoms with Gasteiger partial charge in [-0.1, -0.05) is 35.9 Å². The number of rotatable bonds is 5. The van der Waals surface area contributed by atoms with Crippen molar-refractivity contribution in [2.75, 3.05) is 0 Å². The van der Waals surface area contributed by atoms with E-state index in [9.17, 15) is 0 Å². The predicted octanol–water partition coefficient (Wildman–Crippen LogP) is 2.92. The van der Waals surface area contributed by atoms with Gasteiger partial charge in [0.25, 0.3) is 0 Å². The number of nitrogens with zero attached hydrogens (tertiary/aromatic N) is 2. The number of halogens is 1. The van der Waals surface area contributed by atoms with E-state index in [4.69, 9.17) is 17.4 Å². The number of hydrazine groups is 1. The van der Waals surface area contributed by atoms with Crippen LogP contribution in [0.15, 0.2) is 24.3 Å². The Morgan fingerprint density at radius 3 is 2.65 bits per heavy atom. The van der Waals surface area contributed by atoms with E-state index in [1.807, 2.05) is 23.7 Å². The molecular weight excluding hydrogens is 272 g/mol. The summed E-state index contributed by atoms with van der Waals surface area (Å²) in [5.41, 5.74) is 7.19. The molecule has 2 rings (SSSR count). The second kappa shape index (κ2) is 6.39. The highest BCUT2D eigenvalue weighted by atomic mass is 35.5. The Morgan fingerprint density at radius 1 is 1.35 bits per heavy atom. The van der Waals surface area contributed by atoms with Gasteiger partial charge in [0.05, 0.1) is 22.5 Å². The molecule has 5 heteroatoms. The minimum atomic E-state index is 0.0232. The molecule has 108 valence electrons. The zero-order valence-corrected chi connectivity index (χ0v) is 12.9. The van der Waals surface area contributed by atoms with Crippen molar-refractivity contribution in [2.24, 2.45) is 5.84 Å². The van der Waals surface area contributed by atoms with E-state index in [0.717, 1.165) is 29.4 Å². The highest BCUT2D eigenvalue weighted by Gasteiger charge is 2.19. The number of aryl methyl sites for hydroxylation is 3. The lowest BCUT2D eigenvalue weighted by Gasteiger charge is -2.19. The first-order chi connectivity index (χ1) is 9.58. The Bertz CT molecular complexity index is 592. The Labute approximate surface area is 124 Å². The van der Waals surface area contributed by atoms with Gasteiger partial charge in [-0.15, -0.1) is 0 Å². The Kier molecular flexibility index (Phi) is 4.81. The van der Waals surface area contributed by atoms with E-state index in [2.05, 4.69) is 36.5 Å². The monoisotopic (exact) mass is 292 g/mol. The van der Waals surface area contributed by atoms with Gasteiger partial charge in [0.2, 0.25) is 0 Å². The lowest BCUT2D eigenvalue weighted by molar-refractivity contribution is 0.515. The van der Waals surface area contributed by atoms with Crippen LogP contribution < -0.4 is 11.3 Å². The molecule has 0 aliphatic heterocycles. The third kappa shape index (κ3) is 2.87. The molecule has 0 fully saturated rings. The number of hydrogen-bond acceptors (Lipinski definition) is 3. The van der Waals surface area contributed by atoms with Crippen molar-refractivity contribution in [2.45, 2.75) is 39.8 Å². The maximum atomic E-state index is 6.37. The van der Waals surface area contributed by atoms with E-state index in [1.165, 1.54) is 11.1 Å². The summed E-state index contributed by atoms with van der Waals surface area (Å²) >= 11 is 6.37. The fourth-order valence-corrected chi connectivity index (χ4v) is 2.71. The van der Waals surface area contributed by atoms with Crippen molar-refractivity contribution in [1.29, 1.82) is 0 Å². The molecule has 0 aliphatic rings. The molecule has 1 heterocycles. The molecule has 1 unspecified atom stereocenters. The number of nitrogens with two attached hydrogens (primary N) is 1. The molecule has 0 amide bonds. The summed E-state index contributed by atoms with van der Waals surface area (Å²) in [4.78, 5) is 0. The lowest BCUT2D eigenvalue weighted by atomic mass is 9.98. The van der Waals surface area contributed by atoms with Gasteiger partial charge >= 0.3 is 0 Å². The number of nitrogens with one attached hydrogen (secondary N) is 1. The average molecular weight is 293 g/mol. The van der Waals surface area contributed by atoms with Crippen molar-refractivity contribution < 1.29 is 0 Å². The predicted molar refractivity (Wildman–Crippen MR) is 82.6 cm³/mol. The second-order valence-corrected chi connectivity index (χ2v) is 5.32. The van der Waals surface area contributed by atoms with Crippen LogP contribution in [0.25, 0.3) is 0 Å². The summed E-state index contributed by atoms with van der Waals surface area (Å²) in [6.45, 7) is 6.87. The zero-order valence-electron chi connectivity index (χ0n) is 12.2. The van der Waals surface area contributed by atoms with Gasteiger partial charge in [0.1, 0.15) is 0 Å². The summed E-state index contributed by atoms with van der Waals surface area (Å²) < 4.78 is 1.94. The maximum Gasteiger partial charge on any atom is 0.0847 e. The normalized spacial score (nSPS) is 12.7. The topological polar surface area (TPSA) is 55.9 Å². The van der Waals surface area contributed by atoms with Crippen molar-refractivity contribution in [3.8, 4) is 0 Å². The van der Waals surface area contributed by atoms with E-state index >= 15 is 0 Å². The first-order valence-corrected chi connectivity index (χ1v) is 7.19.